The Bertz CT molecular complexity index is 694. The summed E-state index contributed by atoms with van der Waals surface area (Å²) in [6.45, 7) is 4.39. The molecular formula is C17H19N3S2. The van der Waals surface area contributed by atoms with Crippen LogP contribution in [0.5, 0.6) is 0 Å². The van der Waals surface area contributed by atoms with Gasteiger partial charge < -0.3 is 5.32 Å². The van der Waals surface area contributed by atoms with Gasteiger partial charge in [-0.25, -0.2) is 4.98 Å². The highest BCUT2D eigenvalue weighted by molar-refractivity contribution is 7.18. The molecular weight excluding hydrogens is 310 g/mol. The van der Waals surface area contributed by atoms with Crippen LogP contribution in [0.1, 0.15) is 22.3 Å². The van der Waals surface area contributed by atoms with Crippen molar-refractivity contribution in [1.82, 2.24) is 15.2 Å². The summed E-state index contributed by atoms with van der Waals surface area (Å²) in [5.41, 5.74) is 1.12. The van der Waals surface area contributed by atoms with Gasteiger partial charge in [-0.1, -0.05) is 18.2 Å². The molecule has 5 heteroatoms. The van der Waals surface area contributed by atoms with E-state index in [0.29, 0.717) is 6.04 Å². The van der Waals surface area contributed by atoms with Crippen LogP contribution in [0.15, 0.2) is 41.8 Å². The van der Waals surface area contributed by atoms with Crippen molar-refractivity contribution in [3.63, 3.8) is 0 Å². The second-order valence-corrected chi connectivity index (χ2v) is 7.62. The van der Waals surface area contributed by atoms with Gasteiger partial charge in [-0.2, -0.15) is 0 Å². The first-order valence-electron chi connectivity index (χ1n) is 7.75. The van der Waals surface area contributed by atoms with Gasteiger partial charge in [0.25, 0.3) is 0 Å². The Balaban J connectivity index is 1.75. The van der Waals surface area contributed by atoms with E-state index in [4.69, 9.17) is 4.98 Å². The molecule has 0 bridgehead atoms. The molecule has 0 saturated carbocycles. The molecule has 0 radical (unpaired) electrons. The molecule has 3 heterocycles. The molecule has 1 aromatic carbocycles. The maximum absolute atomic E-state index is 4.94. The number of hydrogen-bond acceptors (Lipinski definition) is 5. The summed E-state index contributed by atoms with van der Waals surface area (Å²) in [5, 5.41) is 6.90. The predicted molar refractivity (Wildman–Crippen MR) is 94.8 cm³/mol. The summed E-state index contributed by atoms with van der Waals surface area (Å²) in [4.78, 5) is 8.93. The summed E-state index contributed by atoms with van der Waals surface area (Å²) < 4.78 is 1.28. The molecule has 22 heavy (non-hydrogen) atoms. The van der Waals surface area contributed by atoms with Crippen LogP contribution >= 0.6 is 22.7 Å². The smallest absolute Gasteiger partial charge is 0.116 e. The number of hydrogen-bond donors (Lipinski definition) is 1. The number of rotatable bonds is 3. The molecule has 3 aromatic rings. The van der Waals surface area contributed by atoms with Crippen molar-refractivity contribution in [2.24, 2.45) is 0 Å². The average molecular weight is 329 g/mol. The topological polar surface area (TPSA) is 28.2 Å². The number of para-hydroxylation sites is 1. The summed E-state index contributed by atoms with van der Waals surface area (Å²) >= 11 is 3.68. The van der Waals surface area contributed by atoms with E-state index in [1.54, 1.807) is 0 Å². The third-order valence-corrected chi connectivity index (χ3v) is 6.11. The third-order valence-electron chi connectivity index (χ3n) is 4.10. The minimum absolute atomic E-state index is 0.303. The van der Waals surface area contributed by atoms with E-state index in [1.807, 2.05) is 22.7 Å². The van der Waals surface area contributed by atoms with Crippen molar-refractivity contribution in [2.45, 2.75) is 12.5 Å². The van der Waals surface area contributed by atoms with E-state index < -0.39 is 0 Å². The van der Waals surface area contributed by atoms with Crippen LogP contribution in [-0.4, -0.2) is 36.1 Å². The quantitative estimate of drug-likeness (QED) is 0.793. The fourth-order valence-corrected chi connectivity index (χ4v) is 5.09. The zero-order valence-electron chi connectivity index (χ0n) is 12.4. The van der Waals surface area contributed by atoms with Crippen LogP contribution in [0.25, 0.3) is 10.2 Å². The zero-order chi connectivity index (χ0) is 14.8. The molecule has 1 unspecified atom stereocenters. The van der Waals surface area contributed by atoms with Crippen molar-refractivity contribution >= 4 is 32.9 Å². The van der Waals surface area contributed by atoms with Crippen LogP contribution < -0.4 is 5.32 Å². The first kappa shape index (κ1) is 14.3. The molecule has 1 N–H and O–H groups in total. The molecule has 1 aliphatic rings. The summed E-state index contributed by atoms with van der Waals surface area (Å²) in [6, 6.07) is 13.2. The standard InChI is InChI=1S/C17H19N3S2/c1-2-6-14-13(5-1)19-17(22-14)16(15-7-3-12-21-15)20-10-4-8-18-9-11-20/h1-3,5-7,12,16,18H,4,8-11H2. The van der Waals surface area contributed by atoms with E-state index in [0.717, 1.165) is 31.7 Å². The zero-order valence-corrected chi connectivity index (χ0v) is 14.0. The lowest BCUT2D eigenvalue weighted by Crippen LogP contribution is -2.32. The fraction of sp³-hybridized carbons (Fsp3) is 0.353. The highest BCUT2D eigenvalue weighted by Crippen LogP contribution is 2.36. The molecule has 4 rings (SSSR count). The lowest BCUT2D eigenvalue weighted by atomic mass is 10.2. The monoisotopic (exact) mass is 329 g/mol. The molecule has 1 saturated heterocycles. The normalized spacial score (nSPS) is 18.4. The van der Waals surface area contributed by atoms with E-state index in [-0.39, 0.29) is 0 Å². The van der Waals surface area contributed by atoms with Crippen LogP contribution in [0.3, 0.4) is 0 Å². The molecule has 3 nitrogen and oxygen atoms in total. The number of aromatic nitrogens is 1. The van der Waals surface area contributed by atoms with Crippen molar-refractivity contribution < 1.29 is 0 Å². The van der Waals surface area contributed by atoms with Crippen LogP contribution in [0.4, 0.5) is 0 Å². The Morgan fingerprint density at radius 2 is 2.05 bits per heavy atom. The van der Waals surface area contributed by atoms with Gasteiger partial charge in [-0.3, -0.25) is 4.90 Å². The second kappa shape index (κ2) is 6.46. The van der Waals surface area contributed by atoms with Crippen molar-refractivity contribution in [2.75, 3.05) is 26.2 Å². The molecule has 2 aromatic heterocycles. The number of benzene rings is 1. The first-order chi connectivity index (χ1) is 10.9. The molecule has 0 amide bonds. The van der Waals surface area contributed by atoms with E-state index >= 15 is 0 Å². The maximum atomic E-state index is 4.94. The fourth-order valence-electron chi connectivity index (χ4n) is 3.04. The lowest BCUT2D eigenvalue weighted by Gasteiger charge is -2.28. The Kier molecular flexibility index (Phi) is 4.21. The molecule has 1 fully saturated rings. The number of nitrogens with zero attached hydrogens (tertiary/aromatic N) is 2. The van der Waals surface area contributed by atoms with Gasteiger partial charge in [0.15, 0.2) is 0 Å². The number of nitrogens with one attached hydrogen (secondary N) is 1. The second-order valence-electron chi connectivity index (χ2n) is 5.58. The Morgan fingerprint density at radius 1 is 1.09 bits per heavy atom. The summed E-state index contributed by atoms with van der Waals surface area (Å²) in [6.07, 6.45) is 1.20. The Hall–Kier alpha value is -1.27. The molecule has 0 spiro atoms. The molecule has 114 valence electrons. The van der Waals surface area contributed by atoms with Gasteiger partial charge in [-0.05, 0) is 36.5 Å². The van der Waals surface area contributed by atoms with Crippen molar-refractivity contribution in [1.29, 1.82) is 0 Å². The third kappa shape index (κ3) is 2.82. The lowest BCUT2D eigenvalue weighted by molar-refractivity contribution is 0.243. The minimum atomic E-state index is 0.303. The van der Waals surface area contributed by atoms with Crippen LogP contribution in [0.2, 0.25) is 0 Å². The Labute approximate surface area is 138 Å². The number of fused-ring (bicyclic) bond motifs is 1. The van der Waals surface area contributed by atoms with E-state index in [2.05, 4.69) is 52.0 Å². The van der Waals surface area contributed by atoms with Crippen molar-refractivity contribution in [3.05, 3.63) is 51.7 Å². The summed E-state index contributed by atoms with van der Waals surface area (Å²) in [5.74, 6) is 0. The van der Waals surface area contributed by atoms with Gasteiger partial charge in [0, 0.05) is 24.5 Å². The molecule has 1 aliphatic heterocycles. The highest BCUT2D eigenvalue weighted by Gasteiger charge is 2.26. The molecule has 1 atom stereocenters. The molecule has 0 aliphatic carbocycles. The van der Waals surface area contributed by atoms with Gasteiger partial charge in [0.1, 0.15) is 5.01 Å². The first-order valence-corrected chi connectivity index (χ1v) is 9.45. The highest BCUT2D eigenvalue weighted by atomic mass is 32.1. The number of thiophene rings is 1. The Morgan fingerprint density at radius 3 is 2.91 bits per heavy atom. The minimum Gasteiger partial charge on any atom is -0.315 e. The van der Waals surface area contributed by atoms with Gasteiger partial charge in [-0.15, -0.1) is 22.7 Å². The van der Waals surface area contributed by atoms with Crippen LogP contribution in [0, 0.1) is 0 Å². The maximum Gasteiger partial charge on any atom is 0.116 e. The summed E-state index contributed by atoms with van der Waals surface area (Å²) in [7, 11) is 0. The van der Waals surface area contributed by atoms with Gasteiger partial charge in [0.2, 0.25) is 0 Å². The van der Waals surface area contributed by atoms with E-state index in [9.17, 15) is 0 Å². The van der Waals surface area contributed by atoms with Crippen LogP contribution in [-0.2, 0) is 0 Å². The van der Waals surface area contributed by atoms with E-state index in [1.165, 1.54) is 21.0 Å². The van der Waals surface area contributed by atoms with Crippen molar-refractivity contribution in [3.8, 4) is 0 Å². The largest absolute Gasteiger partial charge is 0.315 e. The average Bonchev–Trinajstić information content (AvgIpc) is 3.13. The SMILES string of the molecule is c1csc(C(c2nc3ccccc3s2)N2CCCNCC2)c1. The number of thiazole rings is 1. The van der Waals surface area contributed by atoms with Gasteiger partial charge in [0.05, 0.1) is 16.3 Å². The van der Waals surface area contributed by atoms with Gasteiger partial charge >= 0.3 is 0 Å². The predicted octanol–water partition coefficient (Wildman–Crippen LogP) is 3.74.